The lowest BCUT2D eigenvalue weighted by atomic mass is 9.81. The normalized spacial score (nSPS) is 30.8. The molecular formula is C16H21Cl2N. The molecule has 1 nitrogen and oxygen atoms in total. The van der Waals surface area contributed by atoms with Gasteiger partial charge in [-0.25, -0.2) is 0 Å². The predicted octanol–water partition coefficient (Wildman–Crippen LogP) is 4.56. The van der Waals surface area contributed by atoms with E-state index in [9.17, 15) is 0 Å². The van der Waals surface area contributed by atoms with Gasteiger partial charge in [0.05, 0.1) is 0 Å². The number of rotatable bonds is 4. The van der Waals surface area contributed by atoms with Gasteiger partial charge in [0.1, 0.15) is 0 Å². The topological polar surface area (TPSA) is 12.0 Å². The quantitative estimate of drug-likeness (QED) is 0.859. The molecular weight excluding hydrogens is 277 g/mol. The van der Waals surface area contributed by atoms with E-state index in [0.717, 1.165) is 34.2 Å². The van der Waals surface area contributed by atoms with Crippen LogP contribution in [0.4, 0.5) is 0 Å². The average Bonchev–Trinajstić information content (AvgIpc) is 3.00. The molecule has 0 aromatic heterocycles. The van der Waals surface area contributed by atoms with E-state index in [1.165, 1.54) is 31.2 Å². The number of hydrogen-bond acceptors (Lipinski definition) is 1. The molecule has 0 saturated heterocycles. The predicted molar refractivity (Wildman–Crippen MR) is 82.0 cm³/mol. The van der Waals surface area contributed by atoms with Crippen molar-refractivity contribution in [1.29, 1.82) is 0 Å². The molecule has 0 radical (unpaired) electrons. The smallest absolute Gasteiger partial charge is 0.0453 e. The Labute approximate surface area is 125 Å². The number of likely N-dealkylation sites (N-methyl/N-ethyl adjacent to an activating group) is 1. The summed E-state index contributed by atoms with van der Waals surface area (Å²) < 4.78 is 0. The van der Waals surface area contributed by atoms with E-state index in [1.807, 2.05) is 12.1 Å². The maximum Gasteiger partial charge on any atom is 0.0453 e. The molecule has 2 aliphatic carbocycles. The Bertz CT molecular complexity index is 460. The van der Waals surface area contributed by atoms with Crippen LogP contribution in [-0.2, 0) is 6.42 Å². The molecule has 0 heterocycles. The summed E-state index contributed by atoms with van der Waals surface area (Å²) >= 11 is 12.3. The third-order valence-corrected chi connectivity index (χ3v) is 5.72. The molecule has 0 amide bonds. The molecule has 1 aromatic carbocycles. The fourth-order valence-electron chi connectivity index (χ4n) is 4.18. The van der Waals surface area contributed by atoms with Crippen LogP contribution >= 0.6 is 23.2 Å². The first kappa shape index (κ1) is 13.7. The molecule has 1 aromatic rings. The molecule has 19 heavy (non-hydrogen) atoms. The van der Waals surface area contributed by atoms with Crippen LogP contribution in [0.5, 0.6) is 0 Å². The zero-order valence-corrected chi connectivity index (χ0v) is 12.8. The summed E-state index contributed by atoms with van der Waals surface area (Å²) in [6, 6.07) is 6.42. The van der Waals surface area contributed by atoms with Crippen LogP contribution in [0.15, 0.2) is 18.2 Å². The van der Waals surface area contributed by atoms with Gasteiger partial charge in [-0.2, -0.15) is 0 Å². The van der Waals surface area contributed by atoms with Crippen molar-refractivity contribution < 1.29 is 0 Å². The first-order chi connectivity index (χ1) is 9.17. The molecule has 104 valence electrons. The van der Waals surface area contributed by atoms with Gasteiger partial charge in [-0.15, -0.1) is 0 Å². The molecule has 0 aliphatic heterocycles. The lowest BCUT2D eigenvalue weighted by Gasteiger charge is -2.30. The second kappa shape index (κ2) is 5.63. The second-order valence-electron chi connectivity index (χ2n) is 6.17. The van der Waals surface area contributed by atoms with Crippen molar-refractivity contribution in [2.24, 2.45) is 17.8 Å². The van der Waals surface area contributed by atoms with E-state index < -0.39 is 0 Å². The number of halogens is 2. The molecule has 2 fully saturated rings. The molecule has 3 rings (SSSR count). The molecule has 0 spiro atoms. The highest BCUT2D eigenvalue weighted by molar-refractivity contribution is 6.35. The summed E-state index contributed by atoms with van der Waals surface area (Å²) in [4.78, 5) is 0. The molecule has 1 N–H and O–H groups in total. The van der Waals surface area contributed by atoms with Gasteiger partial charge in [-0.05, 0) is 68.2 Å². The highest BCUT2D eigenvalue weighted by Crippen LogP contribution is 2.50. The van der Waals surface area contributed by atoms with Gasteiger partial charge in [-0.3, -0.25) is 0 Å². The minimum absolute atomic E-state index is 0.550. The van der Waals surface area contributed by atoms with Gasteiger partial charge in [-0.1, -0.05) is 35.7 Å². The van der Waals surface area contributed by atoms with E-state index >= 15 is 0 Å². The monoisotopic (exact) mass is 297 g/mol. The number of hydrogen-bond donors (Lipinski definition) is 1. The molecule has 2 aliphatic rings. The van der Waals surface area contributed by atoms with Crippen molar-refractivity contribution in [3.63, 3.8) is 0 Å². The lowest BCUT2D eigenvalue weighted by molar-refractivity contribution is 0.255. The summed E-state index contributed by atoms with van der Waals surface area (Å²) in [5.41, 5.74) is 1.22. The Kier molecular flexibility index (Phi) is 4.07. The van der Waals surface area contributed by atoms with Gasteiger partial charge < -0.3 is 5.32 Å². The third-order valence-electron chi connectivity index (χ3n) is 5.14. The number of fused-ring (bicyclic) bond motifs is 2. The van der Waals surface area contributed by atoms with Crippen LogP contribution in [0.2, 0.25) is 10.0 Å². The van der Waals surface area contributed by atoms with Crippen LogP contribution in [0, 0.1) is 17.8 Å². The number of benzene rings is 1. The molecule has 4 unspecified atom stereocenters. The zero-order valence-electron chi connectivity index (χ0n) is 11.3. The van der Waals surface area contributed by atoms with E-state index in [-0.39, 0.29) is 0 Å². The Morgan fingerprint density at radius 2 is 2.11 bits per heavy atom. The van der Waals surface area contributed by atoms with Crippen molar-refractivity contribution in [2.75, 3.05) is 7.05 Å². The summed E-state index contributed by atoms with van der Waals surface area (Å²) in [5.74, 6) is 2.76. The van der Waals surface area contributed by atoms with Crippen molar-refractivity contribution >= 4 is 23.2 Å². The van der Waals surface area contributed by atoms with Gasteiger partial charge in [0.15, 0.2) is 0 Å². The van der Waals surface area contributed by atoms with Crippen molar-refractivity contribution in [3.8, 4) is 0 Å². The fraction of sp³-hybridized carbons (Fsp3) is 0.625. The van der Waals surface area contributed by atoms with Gasteiger partial charge in [0.2, 0.25) is 0 Å². The standard InChI is InChI=1S/C16H21Cl2N/c1-19-16(14-7-10-2-3-11(14)6-10)8-12-4-5-13(17)9-15(12)18/h4-5,9-11,14,16,19H,2-3,6-8H2,1H3. The van der Waals surface area contributed by atoms with E-state index in [0.29, 0.717) is 6.04 Å². The Morgan fingerprint density at radius 1 is 1.26 bits per heavy atom. The van der Waals surface area contributed by atoms with Crippen molar-refractivity contribution in [3.05, 3.63) is 33.8 Å². The first-order valence-corrected chi connectivity index (χ1v) is 8.04. The van der Waals surface area contributed by atoms with E-state index in [2.05, 4.69) is 18.4 Å². The summed E-state index contributed by atoms with van der Waals surface area (Å²) in [7, 11) is 2.08. The first-order valence-electron chi connectivity index (χ1n) is 7.28. The largest absolute Gasteiger partial charge is 0.316 e. The number of nitrogens with one attached hydrogen (secondary N) is 1. The van der Waals surface area contributed by atoms with Crippen molar-refractivity contribution in [2.45, 2.75) is 38.1 Å². The Morgan fingerprint density at radius 3 is 2.68 bits per heavy atom. The Hall–Kier alpha value is -0.240. The lowest BCUT2D eigenvalue weighted by Crippen LogP contribution is -2.38. The fourth-order valence-corrected chi connectivity index (χ4v) is 4.66. The minimum Gasteiger partial charge on any atom is -0.316 e. The van der Waals surface area contributed by atoms with Crippen LogP contribution < -0.4 is 5.32 Å². The maximum atomic E-state index is 6.30. The van der Waals surface area contributed by atoms with Gasteiger partial charge >= 0.3 is 0 Å². The Balaban J connectivity index is 1.73. The van der Waals surface area contributed by atoms with Crippen LogP contribution in [0.3, 0.4) is 0 Å². The van der Waals surface area contributed by atoms with Crippen molar-refractivity contribution in [1.82, 2.24) is 5.32 Å². The molecule has 3 heteroatoms. The maximum absolute atomic E-state index is 6.30. The minimum atomic E-state index is 0.550. The van der Waals surface area contributed by atoms with Gasteiger partial charge in [0.25, 0.3) is 0 Å². The zero-order chi connectivity index (χ0) is 13.4. The highest BCUT2D eigenvalue weighted by atomic mass is 35.5. The third kappa shape index (κ3) is 2.79. The highest BCUT2D eigenvalue weighted by Gasteiger charge is 2.42. The SMILES string of the molecule is CNC(Cc1ccc(Cl)cc1Cl)C1CC2CCC1C2. The summed E-state index contributed by atoms with van der Waals surface area (Å²) in [6.07, 6.45) is 6.76. The summed E-state index contributed by atoms with van der Waals surface area (Å²) in [5, 5.41) is 5.05. The van der Waals surface area contributed by atoms with Crippen LogP contribution in [0.1, 0.15) is 31.2 Å². The van der Waals surface area contributed by atoms with Crippen LogP contribution in [0.25, 0.3) is 0 Å². The van der Waals surface area contributed by atoms with E-state index in [1.54, 1.807) is 0 Å². The molecule has 2 bridgehead atoms. The van der Waals surface area contributed by atoms with Gasteiger partial charge in [0, 0.05) is 16.1 Å². The van der Waals surface area contributed by atoms with E-state index in [4.69, 9.17) is 23.2 Å². The van der Waals surface area contributed by atoms with Crippen LogP contribution in [-0.4, -0.2) is 13.1 Å². The average molecular weight is 298 g/mol. The summed E-state index contributed by atoms with van der Waals surface area (Å²) in [6.45, 7) is 0. The molecule has 2 saturated carbocycles. The molecule has 4 atom stereocenters. The second-order valence-corrected chi connectivity index (χ2v) is 7.02.